The summed E-state index contributed by atoms with van der Waals surface area (Å²) in [6.07, 6.45) is 3.03. The molecule has 3 heterocycles. The first kappa shape index (κ1) is 16.1. The molecule has 0 aromatic carbocycles. The highest BCUT2D eigenvalue weighted by Gasteiger charge is 2.13. The van der Waals surface area contributed by atoms with Gasteiger partial charge in [0.1, 0.15) is 23.9 Å². The fraction of sp³-hybridized carbons (Fsp3) is 0.188. The minimum atomic E-state index is -0.358. The van der Waals surface area contributed by atoms with Crippen LogP contribution >= 0.6 is 11.6 Å². The number of hydrogen-bond donors (Lipinski definition) is 1. The summed E-state index contributed by atoms with van der Waals surface area (Å²) < 4.78 is 15.9. The first-order valence-electron chi connectivity index (χ1n) is 7.12. The summed E-state index contributed by atoms with van der Waals surface area (Å²) in [4.78, 5) is 15.9. The van der Waals surface area contributed by atoms with Gasteiger partial charge in [0.15, 0.2) is 11.5 Å². The largest absolute Gasteiger partial charge is 0.484 e. The average molecular weight is 348 g/mol. The third kappa shape index (κ3) is 4.14. The summed E-state index contributed by atoms with van der Waals surface area (Å²) in [5.41, 5.74) is 0.168. The molecule has 0 radical (unpaired) electrons. The van der Waals surface area contributed by atoms with Crippen LogP contribution in [0.15, 0.2) is 45.6 Å². The number of amides is 1. The van der Waals surface area contributed by atoms with Gasteiger partial charge >= 0.3 is 0 Å². The zero-order chi connectivity index (χ0) is 16.9. The fourth-order valence-electron chi connectivity index (χ4n) is 1.95. The molecule has 0 saturated heterocycles. The van der Waals surface area contributed by atoms with Crippen molar-refractivity contribution in [1.82, 2.24) is 15.5 Å². The van der Waals surface area contributed by atoms with E-state index in [9.17, 15) is 4.79 Å². The Morgan fingerprint density at radius 3 is 2.92 bits per heavy atom. The molecule has 124 valence electrons. The minimum absolute atomic E-state index is 0.111. The second-order valence-corrected chi connectivity index (χ2v) is 5.44. The molecule has 0 aliphatic carbocycles. The Morgan fingerprint density at radius 2 is 2.17 bits per heavy atom. The highest BCUT2D eigenvalue weighted by atomic mass is 35.5. The van der Waals surface area contributed by atoms with Gasteiger partial charge in [0.2, 0.25) is 0 Å². The predicted molar refractivity (Wildman–Crippen MR) is 84.7 cm³/mol. The molecule has 0 atom stereocenters. The molecule has 0 saturated carbocycles. The smallest absolute Gasteiger partial charge is 0.273 e. The van der Waals surface area contributed by atoms with Gasteiger partial charge in [-0.3, -0.25) is 9.78 Å². The van der Waals surface area contributed by atoms with Crippen LogP contribution in [-0.2, 0) is 13.2 Å². The van der Waals surface area contributed by atoms with Gasteiger partial charge in [-0.1, -0.05) is 16.8 Å². The second kappa shape index (κ2) is 7.18. The minimum Gasteiger partial charge on any atom is -0.484 e. The summed E-state index contributed by atoms with van der Waals surface area (Å²) in [6.45, 7) is 2.23. The van der Waals surface area contributed by atoms with Gasteiger partial charge < -0.3 is 19.0 Å². The Labute approximate surface area is 142 Å². The van der Waals surface area contributed by atoms with E-state index in [2.05, 4.69) is 15.5 Å². The van der Waals surface area contributed by atoms with E-state index in [4.69, 9.17) is 25.3 Å². The highest BCUT2D eigenvalue weighted by molar-refractivity contribution is 6.30. The second-order valence-electron chi connectivity index (χ2n) is 5.00. The summed E-state index contributed by atoms with van der Waals surface area (Å²) in [6, 6.07) is 6.78. The van der Waals surface area contributed by atoms with Gasteiger partial charge in [0, 0.05) is 18.3 Å². The predicted octanol–water partition coefficient (Wildman–Crippen LogP) is 3.13. The maximum atomic E-state index is 12.0. The maximum Gasteiger partial charge on any atom is 0.273 e. The van der Waals surface area contributed by atoms with Gasteiger partial charge in [-0.25, -0.2) is 0 Å². The van der Waals surface area contributed by atoms with Crippen LogP contribution in [0.3, 0.4) is 0 Å². The molecule has 0 aliphatic heterocycles. The number of nitrogens with one attached hydrogen (secondary N) is 1. The number of carbonyl (C=O) groups is 1. The maximum absolute atomic E-state index is 12.0. The van der Waals surface area contributed by atoms with E-state index in [1.165, 1.54) is 18.5 Å². The molecular weight excluding hydrogens is 334 g/mol. The summed E-state index contributed by atoms with van der Waals surface area (Å²) in [7, 11) is 0. The number of hydrogen-bond acceptors (Lipinski definition) is 6. The number of pyridine rings is 1. The van der Waals surface area contributed by atoms with E-state index in [-0.39, 0.29) is 24.8 Å². The lowest BCUT2D eigenvalue weighted by atomic mass is 10.3. The van der Waals surface area contributed by atoms with Crippen molar-refractivity contribution in [3.05, 3.63) is 64.7 Å². The molecule has 24 heavy (non-hydrogen) atoms. The number of aryl methyl sites for hydroxylation is 1. The summed E-state index contributed by atoms with van der Waals surface area (Å²) in [5, 5.41) is 6.89. The van der Waals surface area contributed by atoms with Crippen LogP contribution < -0.4 is 10.1 Å². The Balaban J connectivity index is 1.53. The fourth-order valence-corrected chi connectivity index (χ4v) is 2.12. The van der Waals surface area contributed by atoms with Gasteiger partial charge in [-0.2, -0.15) is 0 Å². The van der Waals surface area contributed by atoms with Crippen LogP contribution in [0.4, 0.5) is 0 Å². The average Bonchev–Trinajstić information content (AvgIpc) is 3.20. The van der Waals surface area contributed by atoms with Crippen LogP contribution in [0.1, 0.15) is 27.8 Å². The van der Waals surface area contributed by atoms with Crippen LogP contribution in [0.2, 0.25) is 5.02 Å². The first-order chi connectivity index (χ1) is 11.6. The number of halogens is 1. The number of aromatic nitrogens is 2. The molecule has 1 amide bonds. The Bertz CT molecular complexity index is 843. The van der Waals surface area contributed by atoms with E-state index in [1.807, 2.05) is 13.0 Å². The number of rotatable bonds is 6. The molecule has 3 aromatic rings. The number of ether oxygens (including phenoxy) is 1. The van der Waals surface area contributed by atoms with Crippen molar-refractivity contribution in [3.63, 3.8) is 0 Å². The van der Waals surface area contributed by atoms with E-state index in [1.54, 1.807) is 12.1 Å². The zero-order valence-electron chi connectivity index (χ0n) is 12.8. The zero-order valence-corrected chi connectivity index (χ0v) is 13.5. The topological polar surface area (TPSA) is 90.4 Å². The lowest BCUT2D eigenvalue weighted by molar-refractivity contribution is 0.0938. The quantitative estimate of drug-likeness (QED) is 0.736. The summed E-state index contributed by atoms with van der Waals surface area (Å²) >= 11 is 5.82. The Hall–Kier alpha value is -2.80. The van der Waals surface area contributed by atoms with Gasteiger partial charge in [-0.15, -0.1) is 0 Å². The molecule has 3 rings (SSSR count). The molecule has 0 spiro atoms. The van der Waals surface area contributed by atoms with Crippen molar-refractivity contribution < 1.29 is 18.5 Å². The standard InChI is InChI=1S/C16H14ClN3O4/c1-10-2-3-12(23-10)8-19-16(21)15-5-14(24-20-15)9-22-13-4-11(17)6-18-7-13/h2-7H,8-9H2,1H3,(H,19,21). The number of furan rings is 1. The molecule has 7 nitrogen and oxygen atoms in total. The van der Waals surface area contributed by atoms with E-state index >= 15 is 0 Å². The van der Waals surface area contributed by atoms with Crippen molar-refractivity contribution in [2.45, 2.75) is 20.1 Å². The van der Waals surface area contributed by atoms with Gasteiger partial charge in [0.25, 0.3) is 5.91 Å². The molecular formula is C16H14ClN3O4. The first-order valence-corrected chi connectivity index (χ1v) is 7.50. The van der Waals surface area contributed by atoms with E-state index in [0.717, 1.165) is 5.76 Å². The molecule has 1 N–H and O–H groups in total. The van der Waals surface area contributed by atoms with Crippen molar-refractivity contribution in [1.29, 1.82) is 0 Å². The van der Waals surface area contributed by atoms with E-state index in [0.29, 0.717) is 22.3 Å². The van der Waals surface area contributed by atoms with Crippen LogP contribution in [0, 0.1) is 6.92 Å². The third-order valence-corrected chi connectivity index (χ3v) is 3.28. The number of carbonyl (C=O) groups excluding carboxylic acids is 1. The third-order valence-electron chi connectivity index (χ3n) is 3.07. The lowest BCUT2D eigenvalue weighted by Gasteiger charge is -2.02. The highest BCUT2D eigenvalue weighted by Crippen LogP contribution is 2.17. The molecule has 3 aromatic heterocycles. The number of nitrogens with zero attached hydrogens (tertiary/aromatic N) is 2. The molecule has 8 heteroatoms. The monoisotopic (exact) mass is 347 g/mol. The molecule has 0 unspecified atom stereocenters. The Kier molecular flexibility index (Phi) is 4.81. The van der Waals surface area contributed by atoms with Crippen LogP contribution in [0.25, 0.3) is 0 Å². The SMILES string of the molecule is Cc1ccc(CNC(=O)c2cc(COc3cncc(Cl)c3)on2)o1. The van der Waals surface area contributed by atoms with Crippen molar-refractivity contribution >= 4 is 17.5 Å². The van der Waals surface area contributed by atoms with Crippen LogP contribution in [0.5, 0.6) is 5.75 Å². The molecule has 0 fully saturated rings. The molecule has 0 aliphatic rings. The van der Waals surface area contributed by atoms with Gasteiger partial charge in [0.05, 0.1) is 17.8 Å². The van der Waals surface area contributed by atoms with Crippen molar-refractivity contribution in [2.75, 3.05) is 0 Å². The lowest BCUT2D eigenvalue weighted by Crippen LogP contribution is -2.22. The normalized spacial score (nSPS) is 10.6. The van der Waals surface area contributed by atoms with E-state index < -0.39 is 0 Å². The van der Waals surface area contributed by atoms with Gasteiger partial charge in [-0.05, 0) is 19.1 Å². The summed E-state index contributed by atoms with van der Waals surface area (Å²) in [5.74, 6) is 2.01. The molecule has 0 bridgehead atoms. The van der Waals surface area contributed by atoms with Crippen molar-refractivity contribution in [2.24, 2.45) is 0 Å². The Morgan fingerprint density at radius 1 is 1.29 bits per heavy atom. The van der Waals surface area contributed by atoms with Crippen molar-refractivity contribution in [3.8, 4) is 5.75 Å². The van der Waals surface area contributed by atoms with Crippen LogP contribution in [-0.4, -0.2) is 16.0 Å².